The smallest absolute Gasteiger partial charge is 0.209 e. The monoisotopic (exact) mass is 295 g/mol. The van der Waals surface area contributed by atoms with Gasteiger partial charge < -0.3 is 9.88 Å². The van der Waals surface area contributed by atoms with Gasteiger partial charge in [-0.15, -0.1) is 0 Å². The summed E-state index contributed by atoms with van der Waals surface area (Å²) in [6.07, 6.45) is 3.53. The molecule has 1 heterocycles. The van der Waals surface area contributed by atoms with Gasteiger partial charge in [-0.2, -0.15) is 0 Å². The van der Waals surface area contributed by atoms with E-state index in [1.165, 1.54) is 10.9 Å². The molecule has 0 saturated heterocycles. The Morgan fingerprint density at radius 2 is 2.05 bits per heavy atom. The number of nitrogens with zero attached hydrogens (tertiary/aromatic N) is 1. The largest absolute Gasteiger partial charge is 0.350 e. The van der Waals surface area contributed by atoms with E-state index in [9.17, 15) is 8.42 Å². The van der Waals surface area contributed by atoms with E-state index >= 15 is 0 Å². The Balaban J connectivity index is 2.31. The molecule has 20 heavy (non-hydrogen) atoms. The molecule has 110 valence electrons. The molecule has 0 aliphatic rings. The van der Waals surface area contributed by atoms with Crippen molar-refractivity contribution in [2.24, 2.45) is 12.2 Å². The van der Waals surface area contributed by atoms with Crippen molar-refractivity contribution in [3.63, 3.8) is 0 Å². The van der Waals surface area contributed by atoms with Gasteiger partial charge in [0.05, 0.1) is 5.75 Å². The van der Waals surface area contributed by atoms with Crippen molar-refractivity contribution in [2.45, 2.75) is 12.8 Å². The van der Waals surface area contributed by atoms with Crippen LogP contribution in [0.5, 0.6) is 0 Å². The van der Waals surface area contributed by atoms with Gasteiger partial charge in [0.15, 0.2) is 0 Å². The number of aryl methyl sites for hydroxylation is 2. The average Bonchev–Trinajstić information content (AvgIpc) is 2.70. The van der Waals surface area contributed by atoms with E-state index in [0.717, 1.165) is 24.0 Å². The fourth-order valence-electron chi connectivity index (χ4n) is 2.40. The first-order chi connectivity index (χ1) is 9.40. The molecule has 0 amide bonds. The molecule has 0 aliphatic heterocycles. The van der Waals surface area contributed by atoms with Crippen LogP contribution in [0.2, 0.25) is 0 Å². The van der Waals surface area contributed by atoms with Gasteiger partial charge in [0, 0.05) is 24.1 Å². The molecule has 2 rings (SSSR count). The number of nitrogens with one attached hydrogen (secondary N) is 1. The Morgan fingerprint density at radius 1 is 1.30 bits per heavy atom. The second kappa shape index (κ2) is 5.95. The molecule has 0 aliphatic carbocycles. The Bertz CT molecular complexity index is 705. The summed E-state index contributed by atoms with van der Waals surface area (Å²) in [5.74, 6) is -0.0167. The summed E-state index contributed by atoms with van der Waals surface area (Å²) in [5.41, 5.74) is 3.44. The lowest BCUT2D eigenvalue weighted by atomic mass is 10.1. The molecule has 3 N–H and O–H groups in total. The molecule has 0 unspecified atom stereocenters. The van der Waals surface area contributed by atoms with E-state index in [1.807, 2.05) is 26.2 Å². The van der Waals surface area contributed by atoms with E-state index < -0.39 is 10.0 Å². The Hall–Kier alpha value is -1.37. The van der Waals surface area contributed by atoms with Crippen LogP contribution in [0.1, 0.15) is 11.1 Å². The molecule has 2 aromatic rings. The lowest BCUT2D eigenvalue weighted by molar-refractivity contribution is 0.597. The fraction of sp³-hybridized carbons (Fsp3) is 0.429. The molecule has 1 aromatic carbocycles. The normalized spacial score (nSPS) is 12.2. The number of hydrogen-bond donors (Lipinski definition) is 2. The third-order valence-corrected chi connectivity index (χ3v) is 4.23. The fourth-order valence-corrected chi connectivity index (χ4v) is 2.92. The van der Waals surface area contributed by atoms with Crippen LogP contribution in [-0.4, -0.2) is 32.3 Å². The lowest BCUT2D eigenvalue weighted by Gasteiger charge is -2.03. The Morgan fingerprint density at radius 3 is 2.70 bits per heavy atom. The summed E-state index contributed by atoms with van der Waals surface area (Å²) in [5, 5.41) is 9.39. The quantitative estimate of drug-likeness (QED) is 0.826. The topological polar surface area (TPSA) is 77.1 Å². The minimum Gasteiger partial charge on any atom is -0.350 e. The second-order valence-corrected chi connectivity index (χ2v) is 6.82. The van der Waals surface area contributed by atoms with Crippen LogP contribution in [0.3, 0.4) is 0 Å². The molecule has 0 spiro atoms. The number of benzene rings is 1. The summed E-state index contributed by atoms with van der Waals surface area (Å²) in [6, 6.07) is 6.08. The van der Waals surface area contributed by atoms with Crippen LogP contribution in [-0.2, 0) is 29.9 Å². The molecule has 0 radical (unpaired) electrons. The SMILES string of the molecule is CNCCc1cn(C)c2ccc(CCS(N)(=O)=O)cc12. The maximum Gasteiger partial charge on any atom is 0.209 e. The van der Waals surface area contributed by atoms with Crippen LogP contribution in [0.4, 0.5) is 0 Å². The van der Waals surface area contributed by atoms with Crippen molar-refractivity contribution in [1.82, 2.24) is 9.88 Å². The van der Waals surface area contributed by atoms with Gasteiger partial charge in [-0.3, -0.25) is 0 Å². The summed E-state index contributed by atoms with van der Waals surface area (Å²) in [7, 11) is 0.546. The second-order valence-electron chi connectivity index (χ2n) is 5.09. The van der Waals surface area contributed by atoms with Crippen LogP contribution >= 0.6 is 0 Å². The van der Waals surface area contributed by atoms with Crippen LogP contribution < -0.4 is 10.5 Å². The van der Waals surface area contributed by atoms with Crippen molar-refractivity contribution in [3.8, 4) is 0 Å². The zero-order valence-corrected chi connectivity index (χ0v) is 12.7. The molecule has 6 heteroatoms. The molecule has 0 fully saturated rings. The highest BCUT2D eigenvalue weighted by Crippen LogP contribution is 2.22. The first-order valence-electron chi connectivity index (χ1n) is 6.62. The maximum atomic E-state index is 11.0. The standard InChI is InChI=1S/C14H21N3O2S/c1-16-7-5-12-10-17(2)14-4-3-11(9-13(12)14)6-8-20(15,18)19/h3-4,9-10,16H,5-8H2,1-2H3,(H2,15,18,19). The van der Waals surface area contributed by atoms with Crippen molar-refractivity contribution < 1.29 is 8.42 Å². The van der Waals surface area contributed by atoms with Crippen LogP contribution in [0.25, 0.3) is 10.9 Å². The van der Waals surface area contributed by atoms with Crippen molar-refractivity contribution in [3.05, 3.63) is 35.5 Å². The number of nitrogens with two attached hydrogens (primary N) is 1. The summed E-state index contributed by atoms with van der Waals surface area (Å²) in [6.45, 7) is 0.917. The van der Waals surface area contributed by atoms with Crippen LogP contribution in [0.15, 0.2) is 24.4 Å². The third kappa shape index (κ3) is 3.59. The predicted octanol–water partition coefficient (Wildman–Crippen LogP) is 0.771. The van der Waals surface area contributed by atoms with Crippen molar-refractivity contribution >= 4 is 20.9 Å². The molecule has 0 bridgehead atoms. The van der Waals surface area contributed by atoms with Crippen molar-refractivity contribution in [1.29, 1.82) is 0 Å². The lowest BCUT2D eigenvalue weighted by Crippen LogP contribution is -2.17. The van der Waals surface area contributed by atoms with E-state index in [0.29, 0.717) is 6.42 Å². The highest BCUT2D eigenvalue weighted by molar-refractivity contribution is 7.89. The van der Waals surface area contributed by atoms with Gasteiger partial charge in [0.1, 0.15) is 0 Å². The molecular weight excluding hydrogens is 274 g/mol. The molecule has 1 aromatic heterocycles. The number of likely N-dealkylation sites (N-methyl/N-ethyl adjacent to an activating group) is 1. The predicted molar refractivity (Wildman–Crippen MR) is 82.2 cm³/mol. The zero-order valence-electron chi connectivity index (χ0n) is 11.9. The molecule has 0 atom stereocenters. The summed E-state index contributed by atoms with van der Waals surface area (Å²) >= 11 is 0. The number of hydrogen-bond acceptors (Lipinski definition) is 3. The summed E-state index contributed by atoms with van der Waals surface area (Å²) < 4.78 is 24.2. The third-order valence-electron chi connectivity index (χ3n) is 3.46. The Labute approximate surface area is 119 Å². The number of fused-ring (bicyclic) bond motifs is 1. The number of primary sulfonamides is 1. The molecule has 0 saturated carbocycles. The highest BCUT2D eigenvalue weighted by Gasteiger charge is 2.09. The minimum atomic E-state index is -3.41. The average molecular weight is 295 g/mol. The van der Waals surface area contributed by atoms with E-state index in [1.54, 1.807) is 0 Å². The molecule has 5 nitrogen and oxygen atoms in total. The van der Waals surface area contributed by atoms with Gasteiger partial charge in [0.2, 0.25) is 10.0 Å². The molecular formula is C14H21N3O2S. The zero-order chi connectivity index (χ0) is 14.8. The minimum absolute atomic E-state index is 0.0167. The van der Waals surface area contributed by atoms with Crippen LogP contribution in [0, 0.1) is 0 Å². The van der Waals surface area contributed by atoms with Gasteiger partial charge in [-0.1, -0.05) is 6.07 Å². The van der Waals surface area contributed by atoms with Gasteiger partial charge in [-0.05, 0) is 49.7 Å². The van der Waals surface area contributed by atoms with E-state index in [4.69, 9.17) is 5.14 Å². The summed E-state index contributed by atoms with van der Waals surface area (Å²) in [4.78, 5) is 0. The maximum absolute atomic E-state index is 11.0. The first kappa shape index (κ1) is 15.0. The van der Waals surface area contributed by atoms with Gasteiger partial charge in [0.25, 0.3) is 0 Å². The van der Waals surface area contributed by atoms with Gasteiger partial charge >= 0.3 is 0 Å². The number of aromatic nitrogens is 1. The highest BCUT2D eigenvalue weighted by atomic mass is 32.2. The Kier molecular flexibility index (Phi) is 4.47. The number of rotatable bonds is 6. The van der Waals surface area contributed by atoms with Gasteiger partial charge in [-0.25, -0.2) is 13.6 Å². The van der Waals surface area contributed by atoms with Crippen molar-refractivity contribution in [2.75, 3.05) is 19.3 Å². The number of sulfonamides is 1. The van der Waals surface area contributed by atoms with E-state index in [-0.39, 0.29) is 5.75 Å². The first-order valence-corrected chi connectivity index (χ1v) is 8.34. The van der Waals surface area contributed by atoms with E-state index in [2.05, 4.69) is 22.1 Å².